The van der Waals surface area contributed by atoms with Gasteiger partial charge in [-0.15, -0.1) is 0 Å². The second-order valence-electron chi connectivity index (χ2n) is 1.79. The van der Waals surface area contributed by atoms with Gasteiger partial charge < -0.3 is 5.43 Å². The first kappa shape index (κ1) is 10.2. The Bertz CT molecular complexity index is 208. The number of hydrazine groups is 1. The molecule has 0 aliphatic heterocycles. The molecule has 0 aromatic rings. The van der Waals surface area contributed by atoms with Gasteiger partial charge in [-0.25, -0.2) is 4.39 Å². The number of hydrogen-bond acceptors (Lipinski definition) is 2. The normalized spacial score (nSPS) is 13.1. The SMILES string of the molecule is C=C(F)/C=C(Cl)\C(=C/C)NN. The van der Waals surface area contributed by atoms with E-state index in [1.807, 2.05) is 0 Å². The van der Waals surface area contributed by atoms with Crippen molar-refractivity contribution in [2.75, 3.05) is 0 Å². The fourth-order valence-corrected chi connectivity index (χ4v) is 0.787. The topological polar surface area (TPSA) is 38.0 Å². The van der Waals surface area contributed by atoms with E-state index in [0.29, 0.717) is 5.70 Å². The van der Waals surface area contributed by atoms with Crippen molar-refractivity contribution >= 4 is 11.6 Å². The quantitative estimate of drug-likeness (QED) is 0.392. The van der Waals surface area contributed by atoms with Gasteiger partial charge in [0.15, 0.2) is 0 Å². The summed E-state index contributed by atoms with van der Waals surface area (Å²) in [4.78, 5) is 0. The maximum absolute atomic E-state index is 12.1. The van der Waals surface area contributed by atoms with Crippen molar-refractivity contribution < 1.29 is 4.39 Å². The van der Waals surface area contributed by atoms with Crippen LogP contribution in [-0.2, 0) is 0 Å². The van der Waals surface area contributed by atoms with Crippen LogP contribution in [0.3, 0.4) is 0 Å². The Morgan fingerprint density at radius 3 is 2.55 bits per heavy atom. The van der Waals surface area contributed by atoms with Gasteiger partial charge in [0.2, 0.25) is 0 Å². The molecule has 0 aromatic carbocycles. The first-order valence-electron chi connectivity index (χ1n) is 2.96. The second kappa shape index (κ2) is 4.93. The molecule has 4 heteroatoms. The monoisotopic (exact) mass is 176 g/mol. The van der Waals surface area contributed by atoms with Crippen molar-refractivity contribution in [2.45, 2.75) is 6.92 Å². The van der Waals surface area contributed by atoms with E-state index >= 15 is 0 Å². The highest BCUT2D eigenvalue weighted by atomic mass is 35.5. The van der Waals surface area contributed by atoms with Crippen LogP contribution in [0.1, 0.15) is 6.92 Å². The predicted octanol–water partition coefficient (Wildman–Crippen LogP) is 1.96. The zero-order valence-electron chi connectivity index (χ0n) is 6.20. The molecule has 0 fully saturated rings. The highest BCUT2D eigenvalue weighted by molar-refractivity contribution is 6.32. The van der Waals surface area contributed by atoms with Crippen LogP contribution < -0.4 is 11.3 Å². The third kappa shape index (κ3) is 3.80. The zero-order chi connectivity index (χ0) is 8.85. The number of halogens is 2. The van der Waals surface area contributed by atoms with E-state index in [4.69, 9.17) is 17.4 Å². The summed E-state index contributed by atoms with van der Waals surface area (Å²) in [6.07, 6.45) is 2.71. The lowest BCUT2D eigenvalue weighted by Gasteiger charge is -2.02. The molecule has 62 valence electrons. The van der Waals surface area contributed by atoms with Crippen molar-refractivity contribution in [3.63, 3.8) is 0 Å². The van der Waals surface area contributed by atoms with E-state index < -0.39 is 5.83 Å². The summed E-state index contributed by atoms with van der Waals surface area (Å²) in [5, 5.41) is 0.197. The van der Waals surface area contributed by atoms with Crippen LogP contribution in [-0.4, -0.2) is 0 Å². The number of hydrogen-bond donors (Lipinski definition) is 2. The minimum absolute atomic E-state index is 0.197. The predicted molar refractivity (Wildman–Crippen MR) is 45.3 cm³/mol. The molecule has 0 aliphatic rings. The van der Waals surface area contributed by atoms with Crippen LogP contribution in [0, 0.1) is 0 Å². The Hall–Kier alpha value is -0.800. The van der Waals surface area contributed by atoms with E-state index in [0.717, 1.165) is 6.08 Å². The van der Waals surface area contributed by atoms with Crippen LogP contribution in [0.2, 0.25) is 0 Å². The molecule has 0 atom stereocenters. The van der Waals surface area contributed by atoms with Gasteiger partial charge in [-0.1, -0.05) is 24.3 Å². The highest BCUT2D eigenvalue weighted by Gasteiger charge is 1.98. The molecule has 0 saturated carbocycles. The smallest absolute Gasteiger partial charge is 0.117 e. The van der Waals surface area contributed by atoms with Crippen LogP contribution in [0.25, 0.3) is 0 Å². The van der Waals surface area contributed by atoms with Gasteiger partial charge in [0.1, 0.15) is 5.83 Å². The van der Waals surface area contributed by atoms with Gasteiger partial charge in [0.25, 0.3) is 0 Å². The number of allylic oxidation sites excluding steroid dienone is 4. The molecule has 0 rings (SSSR count). The maximum atomic E-state index is 12.1. The summed E-state index contributed by atoms with van der Waals surface area (Å²) >= 11 is 5.59. The zero-order valence-corrected chi connectivity index (χ0v) is 6.95. The summed E-state index contributed by atoms with van der Waals surface area (Å²) in [5.74, 6) is 4.46. The van der Waals surface area contributed by atoms with E-state index in [2.05, 4.69) is 12.0 Å². The van der Waals surface area contributed by atoms with Gasteiger partial charge in [-0.05, 0) is 13.0 Å². The van der Waals surface area contributed by atoms with Gasteiger partial charge >= 0.3 is 0 Å². The third-order valence-electron chi connectivity index (χ3n) is 0.985. The second-order valence-corrected chi connectivity index (χ2v) is 2.19. The van der Waals surface area contributed by atoms with Crippen LogP contribution in [0.15, 0.2) is 35.3 Å². The van der Waals surface area contributed by atoms with Crippen molar-refractivity contribution in [1.82, 2.24) is 5.43 Å². The molecule has 11 heavy (non-hydrogen) atoms. The first-order chi connectivity index (χ1) is 5.11. The Morgan fingerprint density at radius 2 is 2.27 bits per heavy atom. The van der Waals surface area contributed by atoms with Crippen molar-refractivity contribution in [1.29, 1.82) is 0 Å². The summed E-state index contributed by atoms with van der Waals surface area (Å²) in [6.45, 7) is 4.75. The van der Waals surface area contributed by atoms with E-state index in [1.54, 1.807) is 13.0 Å². The van der Waals surface area contributed by atoms with Crippen LogP contribution in [0.5, 0.6) is 0 Å². The molecule has 0 amide bonds. The molecule has 0 unspecified atom stereocenters. The minimum atomic E-state index is -0.607. The average molecular weight is 177 g/mol. The molecule has 3 N–H and O–H groups in total. The van der Waals surface area contributed by atoms with Gasteiger partial charge in [-0.2, -0.15) is 0 Å². The van der Waals surface area contributed by atoms with Gasteiger partial charge in [0.05, 0.1) is 10.7 Å². The molecular formula is C7H10ClFN2. The summed E-state index contributed by atoms with van der Waals surface area (Å²) in [6, 6.07) is 0. The maximum Gasteiger partial charge on any atom is 0.117 e. The molecule has 0 heterocycles. The highest BCUT2D eigenvalue weighted by Crippen LogP contribution is 2.13. The van der Waals surface area contributed by atoms with Gasteiger partial charge in [-0.3, -0.25) is 5.84 Å². The standard InChI is InChI=1S/C7H10ClFN2/c1-3-7(11-10)6(8)4-5(2)9/h3-4,11H,2,10H2,1H3/b6-4+,7-3+. The molecule has 0 saturated heterocycles. The van der Waals surface area contributed by atoms with Crippen molar-refractivity contribution in [3.05, 3.63) is 35.3 Å². The van der Waals surface area contributed by atoms with Crippen molar-refractivity contribution in [3.8, 4) is 0 Å². The molecule has 0 aromatic heterocycles. The Kier molecular flexibility index (Phi) is 4.57. The lowest BCUT2D eigenvalue weighted by molar-refractivity contribution is 0.670. The Morgan fingerprint density at radius 1 is 1.73 bits per heavy atom. The molecule has 2 nitrogen and oxygen atoms in total. The first-order valence-corrected chi connectivity index (χ1v) is 3.34. The number of rotatable bonds is 3. The third-order valence-corrected chi connectivity index (χ3v) is 1.30. The van der Waals surface area contributed by atoms with Crippen LogP contribution >= 0.6 is 11.6 Å². The average Bonchev–Trinajstić information content (AvgIpc) is 1.88. The molecule has 0 aliphatic carbocycles. The molecule has 0 bridgehead atoms. The fourth-order valence-electron chi connectivity index (χ4n) is 0.505. The summed E-state index contributed by atoms with van der Waals surface area (Å²) in [5.41, 5.74) is 2.77. The van der Waals surface area contributed by atoms with E-state index in [9.17, 15) is 4.39 Å². The van der Waals surface area contributed by atoms with E-state index in [1.165, 1.54) is 0 Å². The lowest BCUT2D eigenvalue weighted by Crippen LogP contribution is -2.21. The Balaban J connectivity index is 4.45. The van der Waals surface area contributed by atoms with Crippen molar-refractivity contribution in [2.24, 2.45) is 5.84 Å². The largest absolute Gasteiger partial charge is 0.323 e. The number of nitrogens with one attached hydrogen (secondary N) is 1. The molecule has 0 spiro atoms. The summed E-state index contributed by atoms with van der Waals surface area (Å²) < 4.78 is 12.1. The fraction of sp³-hybridized carbons (Fsp3) is 0.143. The minimum Gasteiger partial charge on any atom is -0.323 e. The molecule has 0 radical (unpaired) electrons. The summed E-state index contributed by atoms with van der Waals surface area (Å²) in [7, 11) is 0. The number of nitrogens with two attached hydrogens (primary N) is 1. The van der Waals surface area contributed by atoms with Crippen LogP contribution in [0.4, 0.5) is 4.39 Å². The Labute approximate surface area is 70.2 Å². The molecular weight excluding hydrogens is 167 g/mol. The lowest BCUT2D eigenvalue weighted by atomic mass is 10.3. The van der Waals surface area contributed by atoms with Gasteiger partial charge in [0, 0.05) is 0 Å². The van der Waals surface area contributed by atoms with E-state index in [-0.39, 0.29) is 5.03 Å².